The Kier molecular flexibility index (Phi) is 7.29. The fraction of sp³-hybridized carbons (Fsp3) is 0.263. The Labute approximate surface area is 157 Å². The molecule has 0 atom stereocenters. The van der Waals surface area contributed by atoms with Gasteiger partial charge in [-0.15, -0.1) is 0 Å². The minimum Gasteiger partial charge on any atom is -0.484 e. The minimum atomic E-state index is -0.534. The predicted octanol–water partition coefficient (Wildman–Crippen LogP) is 4.56. The number of hydrogen-bond acceptors (Lipinski definition) is 4. The molecule has 6 nitrogen and oxygen atoms in total. The molecule has 2 N–H and O–H groups in total. The number of carbonyl (C=O) groups is 2. The molecule has 0 aliphatic heterocycles. The van der Waals surface area contributed by atoms with Gasteiger partial charge in [-0.05, 0) is 48.4 Å². The number of halogens is 1. The Morgan fingerprint density at radius 3 is 2.35 bits per heavy atom. The predicted molar refractivity (Wildman–Crippen MR) is 102 cm³/mol. The van der Waals surface area contributed by atoms with Gasteiger partial charge >= 0.3 is 6.09 Å². The molecule has 0 unspecified atom stereocenters. The second kappa shape index (κ2) is 9.68. The van der Waals surface area contributed by atoms with E-state index in [9.17, 15) is 9.59 Å². The normalized spacial score (nSPS) is 10.3. The monoisotopic (exact) mass is 376 g/mol. The van der Waals surface area contributed by atoms with Crippen molar-refractivity contribution in [3.8, 4) is 5.75 Å². The van der Waals surface area contributed by atoms with Crippen molar-refractivity contribution in [1.29, 1.82) is 0 Å². The van der Waals surface area contributed by atoms with Crippen LogP contribution in [0.4, 0.5) is 16.2 Å². The average molecular weight is 377 g/mol. The molecule has 7 heteroatoms. The lowest BCUT2D eigenvalue weighted by atomic mass is 10.2. The molecule has 0 aliphatic carbocycles. The van der Waals surface area contributed by atoms with Gasteiger partial charge in [0.05, 0.1) is 6.61 Å². The first-order valence-electron chi connectivity index (χ1n) is 8.14. The van der Waals surface area contributed by atoms with Crippen LogP contribution >= 0.6 is 11.6 Å². The molecule has 2 rings (SSSR count). The van der Waals surface area contributed by atoms with E-state index >= 15 is 0 Å². The van der Waals surface area contributed by atoms with Crippen molar-refractivity contribution in [2.45, 2.75) is 13.8 Å². The maximum absolute atomic E-state index is 12.0. The Morgan fingerprint density at radius 2 is 1.69 bits per heavy atom. The van der Waals surface area contributed by atoms with Gasteiger partial charge in [-0.3, -0.25) is 10.1 Å². The fourth-order valence-corrected chi connectivity index (χ4v) is 2.07. The Bertz CT molecular complexity index is 747. The van der Waals surface area contributed by atoms with E-state index in [1.54, 1.807) is 48.5 Å². The number of benzene rings is 2. The van der Waals surface area contributed by atoms with Crippen LogP contribution in [0.15, 0.2) is 48.5 Å². The van der Waals surface area contributed by atoms with Crippen LogP contribution in [0.1, 0.15) is 13.8 Å². The molecule has 26 heavy (non-hydrogen) atoms. The summed E-state index contributed by atoms with van der Waals surface area (Å²) in [6.45, 7) is 4.10. The third kappa shape index (κ3) is 7.03. The van der Waals surface area contributed by atoms with E-state index in [0.717, 1.165) is 0 Å². The molecule has 0 fully saturated rings. The van der Waals surface area contributed by atoms with Crippen LogP contribution in [0.3, 0.4) is 0 Å². The Hall–Kier alpha value is -2.73. The second-order valence-corrected chi connectivity index (χ2v) is 6.43. The van der Waals surface area contributed by atoms with Crippen LogP contribution in [0.25, 0.3) is 0 Å². The summed E-state index contributed by atoms with van der Waals surface area (Å²) in [5.41, 5.74) is 1.06. The van der Waals surface area contributed by atoms with Gasteiger partial charge in [0.2, 0.25) is 0 Å². The van der Waals surface area contributed by atoms with Gasteiger partial charge in [-0.1, -0.05) is 31.5 Å². The number of carbonyl (C=O) groups excluding carboxylic acids is 2. The van der Waals surface area contributed by atoms with Crippen LogP contribution in [0.5, 0.6) is 5.75 Å². The van der Waals surface area contributed by atoms with E-state index in [1.165, 1.54) is 0 Å². The first-order valence-corrected chi connectivity index (χ1v) is 8.52. The van der Waals surface area contributed by atoms with Crippen molar-refractivity contribution in [3.05, 3.63) is 53.6 Å². The van der Waals surface area contributed by atoms with Crippen molar-refractivity contribution >= 4 is 35.0 Å². The number of nitrogens with one attached hydrogen (secondary N) is 2. The molecular formula is C19H21ClN2O4. The lowest BCUT2D eigenvalue weighted by Crippen LogP contribution is -2.20. The molecule has 0 radical (unpaired) electrons. The largest absolute Gasteiger partial charge is 0.484 e. The number of rotatable bonds is 7. The summed E-state index contributed by atoms with van der Waals surface area (Å²) in [6.07, 6.45) is -0.534. The number of hydrogen-bond donors (Lipinski definition) is 2. The SMILES string of the molecule is CC(C)COC(=O)Nc1cccc(NC(=O)COc2ccc(Cl)cc2)c1. The first kappa shape index (κ1) is 19.6. The van der Waals surface area contributed by atoms with Crippen LogP contribution in [-0.4, -0.2) is 25.2 Å². The molecule has 0 aliphatic rings. The third-order valence-corrected chi connectivity index (χ3v) is 3.38. The van der Waals surface area contributed by atoms with Gasteiger partial charge in [0.25, 0.3) is 5.91 Å². The van der Waals surface area contributed by atoms with E-state index in [-0.39, 0.29) is 18.4 Å². The molecule has 0 heterocycles. The zero-order valence-corrected chi connectivity index (χ0v) is 15.4. The van der Waals surface area contributed by atoms with E-state index in [1.807, 2.05) is 13.8 Å². The van der Waals surface area contributed by atoms with Crippen molar-refractivity contribution in [1.82, 2.24) is 0 Å². The molecule has 0 spiro atoms. The maximum atomic E-state index is 12.0. The molecule has 0 saturated heterocycles. The van der Waals surface area contributed by atoms with Gasteiger partial charge in [0, 0.05) is 16.4 Å². The summed E-state index contributed by atoms with van der Waals surface area (Å²) < 4.78 is 10.4. The summed E-state index contributed by atoms with van der Waals surface area (Å²) >= 11 is 5.79. The van der Waals surface area contributed by atoms with E-state index in [2.05, 4.69) is 10.6 Å². The summed E-state index contributed by atoms with van der Waals surface area (Å²) in [7, 11) is 0. The van der Waals surface area contributed by atoms with Crippen LogP contribution in [-0.2, 0) is 9.53 Å². The molecule has 0 saturated carbocycles. The highest BCUT2D eigenvalue weighted by atomic mass is 35.5. The lowest BCUT2D eigenvalue weighted by molar-refractivity contribution is -0.118. The highest BCUT2D eigenvalue weighted by Crippen LogP contribution is 2.17. The molecule has 2 aromatic rings. The molecular weight excluding hydrogens is 356 g/mol. The summed E-state index contributed by atoms with van der Waals surface area (Å²) in [5, 5.41) is 5.92. The molecule has 0 bridgehead atoms. The maximum Gasteiger partial charge on any atom is 0.411 e. The van der Waals surface area contributed by atoms with E-state index in [4.69, 9.17) is 21.1 Å². The minimum absolute atomic E-state index is 0.143. The van der Waals surface area contributed by atoms with Crippen molar-refractivity contribution in [2.24, 2.45) is 5.92 Å². The van der Waals surface area contributed by atoms with Crippen LogP contribution < -0.4 is 15.4 Å². The summed E-state index contributed by atoms with van der Waals surface area (Å²) in [6, 6.07) is 13.5. The van der Waals surface area contributed by atoms with Crippen molar-refractivity contribution in [3.63, 3.8) is 0 Å². The molecule has 0 aromatic heterocycles. The van der Waals surface area contributed by atoms with Crippen LogP contribution in [0, 0.1) is 5.92 Å². The average Bonchev–Trinajstić information content (AvgIpc) is 2.60. The number of ether oxygens (including phenoxy) is 2. The van der Waals surface area contributed by atoms with Gasteiger partial charge in [-0.2, -0.15) is 0 Å². The van der Waals surface area contributed by atoms with Gasteiger partial charge in [-0.25, -0.2) is 4.79 Å². The second-order valence-electron chi connectivity index (χ2n) is 5.99. The zero-order valence-electron chi connectivity index (χ0n) is 14.6. The zero-order chi connectivity index (χ0) is 18.9. The first-order chi connectivity index (χ1) is 12.4. The highest BCUT2D eigenvalue weighted by Gasteiger charge is 2.07. The van der Waals surface area contributed by atoms with E-state index < -0.39 is 6.09 Å². The van der Waals surface area contributed by atoms with E-state index in [0.29, 0.717) is 28.8 Å². The van der Waals surface area contributed by atoms with Crippen molar-refractivity contribution < 1.29 is 19.1 Å². The van der Waals surface area contributed by atoms with Gasteiger partial charge in [0.1, 0.15) is 5.75 Å². The Balaban J connectivity index is 1.84. The standard InChI is InChI=1S/C19H21ClN2O4/c1-13(2)11-26-19(24)22-16-5-3-4-15(10-16)21-18(23)12-25-17-8-6-14(20)7-9-17/h3-10,13H,11-12H2,1-2H3,(H,21,23)(H,22,24). The number of anilines is 2. The summed E-state index contributed by atoms with van der Waals surface area (Å²) in [4.78, 5) is 23.7. The Morgan fingerprint density at radius 1 is 1.04 bits per heavy atom. The highest BCUT2D eigenvalue weighted by molar-refractivity contribution is 6.30. The van der Waals surface area contributed by atoms with Crippen LogP contribution in [0.2, 0.25) is 5.02 Å². The lowest BCUT2D eigenvalue weighted by Gasteiger charge is -2.11. The smallest absolute Gasteiger partial charge is 0.411 e. The molecule has 2 aromatic carbocycles. The third-order valence-electron chi connectivity index (χ3n) is 3.12. The quantitative estimate of drug-likeness (QED) is 0.742. The summed E-state index contributed by atoms with van der Waals surface area (Å²) in [5.74, 6) is 0.486. The number of amides is 2. The molecule has 2 amide bonds. The van der Waals surface area contributed by atoms with Gasteiger partial charge in [0.15, 0.2) is 6.61 Å². The van der Waals surface area contributed by atoms with Crippen molar-refractivity contribution in [2.75, 3.05) is 23.8 Å². The van der Waals surface area contributed by atoms with Gasteiger partial charge < -0.3 is 14.8 Å². The molecule has 138 valence electrons. The fourth-order valence-electron chi connectivity index (χ4n) is 1.95. The topological polar surface area (TPSA) is 76.7 Å².